The van der Waals surface area contributed by atoms with Crippen LogP contribution < -0.4 is 10.2 Å². The van der Waals surface area contributed by atoms with E-state index in [1.165, 1.54) is 17.5 Å². The Balaban J connectivity index is 1.36. The average molecular weight is 424 g/mol. The van der Waals surface area contributed by atoms with Gasteiger partial charge in [-0.2, -0.15) is 0 Å². The third-order valence-corrected chi connectivity index (χ3v) is 6.53. The fourth-order valence-electron chi connectivity index (χ4n) is 4.58. The van der Waals surface area contributed by atoms with Crippen LogP contribution in [0.2, 0.25) is 5.02 Å². The summed E-state index contributed by atoms with van der Waals surface area (Å²) in [4.78, 5) is 17.6. The van der Waals surface area contributed by atoms with Crippen molar-refractivity contribution in [3.05, 3.63) is 58.3 Å². The molecule has 1 amide bonds. The number of nitrogens with one attached hydrogen (secondary N) is 1. The standard InChI is InChI=1S/C24H26ClN3O2/c1-27-7-9-28(10-8-27)22-6-5-19(25)14-21(22)26-24(29)13-18-15-30-23-12-17-4-2-3-16(17)11-20(18)23/h5-6,11-12,14-15H,2-4,7-10,13H2,1H3,(H,26,29). The summed E-state index contributed by atoms with van der Waals surface area (Å²) in [6.45, 7) is 3.86. The topological polar surface area (TPSA) is 48.7 Å². The molecule has 1 fully saturated rings. The zero-order valence-electron chi connectivity index (χ0n) is 17.2. The minimum atomic E-state index is -0.0594. The number of piperazine rings is 1. The molecular weight excluding hydrogens is 398 g/mol. The van der Waals surface area contributed by atoms with Crippen LogP contribution in [0.1, 0.15) is 23.1 Å². The van der Waals surface area contributed by atoms with Crippen molar-refractivity contribution in [1.82, 2.24) is 4.90 Å². The monoisotopic (exact) mass is 423 g/mol. The SMILES string of the molecule is CN1CCN(c2ccc(Cl)cc2NC(=O)Cc2coc3cc4c(cc23)CCC4)CC1. The second kappa shape index (κ2) is 7.97. The minimum absolute atomic E-state index is 0.0594. The van der Waals surface area contributed by atoms with Crippen molar-refractivity contribution in [2.24, 2.45) is 0 Å². The van der Waals surface area contributed by atoms with Gasteiger partial charge in [-0.15, -0.1) is 0 Å². The van der Waals surface area contributed by atoms with Crippen LogP contribution in [0, 0.1) is 0 Å². The van der Waals surface area contributed by atoms with Gasteiger partial charge >= 0.3 is 0 Å². The van der Waals surface area contributed by atoms with Gasteiger partial charge < -0.3 is 19.5 Å². The number of benzene rings is 2. The number of aryl methyl sites for hydroxylation is 2. The summed E-state index contributed by atoms with van der Waals surface area (Å²) in [7, 11) is 2.13. The van der Waals surface area contributed by atoms with Gasteiger partial charge in [0.25, 0.3) is 0 Å². The summed E-state index contributed by atoms with van der Waals surface area (Å²) >= 11 is 6.24. The molecule has 5 nitrogen and oxygen atoms in total. The van der Waals surface area contributed by atoms with Gasteiger partial charge in [-0.1, -0.05) is 11.6 Å². The highest BCUT2D eigenvalue weighted by molar-refractivity contribution is 6.31. The van der Waals surface area contributed by atoms with Crippen LogP contribution in [0.25, 0.3) is 11.0 Å². The number of rotatable bonds is 4. The zero-order chi connectivity index (χ0) is 20.7. The highest BCUT2D eigenvalue weighted by Gasteiger charge is 2.20. The van der Waals surface area contributed by atoms with Crippen LogP contribution in [-0.4, -0.2) is 44.0 Å². The van der Waals surface area contributed by atoms with E-state index in [2.05, 4.69) is 34.3 Å². The highest BCUT2D eigenvalue weighted by atomic mass is 35.5. The average Bonchev–Trinajstić information content (AvgIpc) is 3.34. The maximum Gasteiger partial charge on any atom is 0.228 e. The smallest absolute Gasteiger partial charge is 0.228 e. The number of hydrogen-bond donors (Lipinski definition) is 1. The first kappa shape index (κ1) is 19.5. The molecule has 1 N–H and O–H groups in total. The molecule has 30 heavy (non-hydrogen) atoms. The fraction of sp³-hybridized carbons (Fsp3) is 0.375. The zero-order valence-corrected chi connectivity index (χ0v) is 18.0. The van der Waals surface area contributed by atoms with Crippen molar-refractivity contribution in [3.8, 4) is 0 Å². The molecule has 0 bridgehead atoms. The molecular formula is C24H26ClN3O2. The second-order valence-electron chi connectivity index (χ2n) is 8.41. The predicted molar refractivity (Wildman–Crippen MR) is 122 cm³/mol. The number of hydrogen-bond acceptors (Lipinski definition) is 4. The third-order valence-electron chi connectivity index (χ3n) is 6.30. The number of amides is 1. The first-order valence-corrected chi connectivity index (χ1v) is 11.0. The van der Waals surface area contributed by atoms with Crippen molar-refractivity contribution in [1.29, 1.82) is 0 Å². The Morgan fingerprint density at radius 1 is 1.10 bits per heavy atom. The second-order valence-corrected chi connectivity index (χ2v) is 8.84. The molecule has 156 valence electrons. The van der Waals surface area contributed by atoms with Crippen LogP contribution in [-0.2, 0) is 24.1 Å². The molecule has 2 heterocycles. The fourth-order valence-corrected chi connectivity index (χ4v) is 4.76. The molecule has 3 aromatic rings. The van der Waals surface area contributed by atoms with Gasteiger partial charge in [0.05, 0.1) is 24.1 Å². The first-order chi connectivity index (χ1) is 14.6. The van der Waals surface area contributed by atoms with Gasteiger partial charge in [-0.05, 0) is 67.8 Å². The molecule has 2 aromatic carbocycles. The largest absolute Gasteiger partial charge is 0.464 e. The van der Waals surface area contributed by atoms with E-state index < -0.39 is 0 Å². The maximum absolute atomic E-state index is 12.9. The van der Waals surface area contributed by atoms with Crippen LogP contribution in [0.15, 0.2) is 41.0 Å². The molecule has 0 unspecified atom stereocenters. The van der Waals surface area contributed by atoms with E-state index in [9.17, 15) is 4.79 Å². The van der Waals surface area contributed by atoms with Gasteiger partial charge in [0.15, 0.2) is 0 Å². The van der Waals surface area contributed by atoms with Crippen molar-refractivity contribution in [2.45, 2.75) is 25.7 Å². The number of fused-ring (bicyclic) bond motifs is 2. The Hall–Kier alpha value is -2.50. The van der Waals surface area contributed by atoms with Crippen molar-refractivity contribution >= 4 is 39.9 Å². The number of carbonyl (C=O) groups excluding carboxylic acids is 1. The van der Waals surface area contributed by atoms with E-state index in [1.807, 2.05) is 18.2 Å². The summed E-state index contributed by atoms with van der Waals surface area (Å²) in [5.41, 5.74) is 6.36. The lowest BCUT2D eigenvalue weighted by molar-refractivity contribution is -0.115. The summed E-state index contributed by atoms with van der Waals surface area (Å²) in [5, 5.41) is 4.76. The number of nitrogens with zero attached hydrogens (tertiary/aromatic N) is 2. The molecule has 6 heteroatoms. The van der Waals surface area contributed by atoms with Gasteiger partial charge in [0.2, 0.25) is 5.91 Å². The first-order valence-electron chi connectivity index (χ1n) is 10.6. The molecule has 2 aliphatic rings. The molecule has 0 atom stereocenters. The highest BCUT2D eigenvalue weighted by Crippen LogP contribution is 2.32. The molecule has 1 aromatic heterocycles. The Kier molecular flexibility index (Phi) is 5.17. The number of anilines is 2. The molecule has 1 aliphatic carbocycles. The lowest BCUT2D eigenvalue weighted by Gasteiger charge is -2.35. The summed E-state index contributed by atoms with van der Waals surface area (Å²) < 4.78 is 5.76. The Morgan fingerprint density at radius 2 is 1.87 bits per heavy atom. The number of halogens is 1. The van der Waals surface area contributed by atoms with Crippen LogP contribution >= 0.6 is 11.6 Å². The van der Waals surface area contributed by atoms with Gasteiger partial charge in [-0.25, -0.2) is 0 Å². The van der Waals surface area contributed by atoms with Gasteiger partial charge in [0.1, 0.15) is 5.58 Å². The Bertz CT molecular complexity index is 1100. The lowest BCUT2D eigenvalue weighted by Crippen LogP contribution is -2.44. The quantitative estimate of drug-likeness (QED) is 0.670. The summed E-state index contributed by atoms with van der Waals surface area (Å²) in [6, 6.07) is 10.1. The van der Waals surface area contributed by atoms with Crippen LogP contribution in [0.4, 0.5) is 11.4 Å². The summed E-state index contributed by atoms with van der Waals surface area (Å²) in [5.74, 6) is -0.0594. The number of furan rings is 1. The van der Waals surface area contributed by atoms with Gasteiger partial charge in [-0.3, -0.25) is 4.79 Å². The van der Waals surface area contributed by atoms with Crippen LogP contribution in [0.5, 0.6) is 0 Å². The van der Waals surface area contributed by atoms with E-state index >= 15 is 0 Å². The lowest BCUT2D eigenvalue weighted by atomic mass is 10.0. The van der Waals surface area contributed by atoms with Crippen molar-refractivity contribution in [2.75, 3.05) is 43.4 Å². The Labute approximate surface area is 181 Å². The van der Waals surface area contributed by atoms with E-state index in [1.54, 1.807) is 6.26 Å². The summed E-state index contributed by atoms with van der Waals surface area (Å²) in [6.07, 6.45) is 5.42. The molecule has 1 aliphatic heterocycles. The Morgan fingerprint density at radius 3 is 2.67 bits per heavy atom. The normalized spacial score (nSPS) is 16.8. The van der Waals surface area contributed by atoms with Crippen molar-refractivity contribution < 1.29 is 9.21 Å². The third kappa shape index (κ3) is 3.80. The number of carbonyl (C=O) groups is 1. The van der Waals surface area contributed by atoms with E-state index in [0.29, 0.717) is 5.02 Å². The predicted octanol–water partition coefficient (Wildman–Crippen LogP) is 4.51. The number of likely N-dealkylation sites (N-methyl/N-ethyl adjacent to an activating group) is 1. The van der Waals surface area contributed by atoms with E-state index in [4.69, 9.17) is 16.0 Å². The molecule has 0 saturated carbocycles. The van der Waals surface area contributed by atoms with Crippen molar-refractivity contribution in [3.63, 3.8) is 0 Å². The van der Waals surface area contributed by atoms with Gasteiger partial charge in [0, 0.05) is 42.2 Å². The maximum atomic E-state index is 12.9. The van der Waals surface area contributed by atoms with Crippen LogP contribution in [0.3, 0.4) is 0 Å². The molecule has 0 spiro atoms. The molecule has 0 radical (unpaired) electrons. The molecule has 1 saturated heterocycles. The van der Waals surface area contributed by atoms with E-state index in [-0.39, 0.29) is 12.3 Å². The molecule has 5 rings (SSSR count). The van der Waals surface area contributed by atoms with E-state index in [0.717, 1.165) is 66.9 Å². The minimum Gasteiger partial charge on any atom is -0.464 e.